The van der Waals surface area contributed by atoms with E-state index in [9.17, 15) is 16.5 Å². The quantitative estimate of drug-likeness (QED) is 0.515. The summed E-state index contributed by atoms with van der Waals surface area (Å²) < 4.78 is 41.8. The Bertz CT molecular complexity index is 225. The molecule has 0 N–H and O–H groups in total. The maximum atomic E-state index is 11.8. The van der Waals surface area contributed by atoms with Crippen LogP contribution in [0.3, 0.4) is 0 Å². The van der Waals surface area contributed by atoms with Crippen molar-refractivity contribution in [2.24, 2.45) is 0 Å². The van der Waals surface area contributed by atoms with Gasteiger partial charge >= 0.3 is 10.2 Å². The van der Waals surface area contributed by atoms with Crippen LogP contribution in [0.5, 0.6) is 0 Å². The molecule has 0 fully saturated rings. The largest absolute Gasteiger partial charge is 0.302 e. The van der Waals surface area contributed by atoms with Gasteiger partial charge in [0.25, 0.3) is 0 Å². The van der Waals surface area contributed by atoms with Crippen LogP contribution in [0.25, 0.3) is 0 Å². The summed E-state index contributed by atoms with van der Waals surface area (Å²) >= 11 is 0. The molecule has 0 amide bonds. The molecule has 0 saturated heterocycles. The summed E-state index contributed by atoms with van der Waals surface area (Å²) in [5, 5.41) is 0. The minimum Gasteiger partial charge on any atom is -0.243 e. The molecule has 0 aliphatic carbocycles. The van der Waals surface area contributed by atoms with E-state index in [1.165, 1.54) is 0 Å². The van der Waals surface area contributed by atoms with Crippen molar-refractivity contribution in [3.8, 4) is 0 Å². The fourth-order valence-corrected chi connectivity index (χ4v) is 1.80. The van der Waals surface area contributed by atoms with E-state index < -0.39 is 26.0 Å². The van der Waals surface area contributed by atoms with E-state index in [-0.39, 0.29) is 12.2 Å². The average molecular weight is 223 g/mol. The second-order valence-corrected chi connectivity index (χ2v) is 5.45. The van der Waals surface area contributed by atoms with Crippen molar-refractivity contribution in [1.82, 2.24) is 0 Å². The van der Waals surface area contributed by atoms with E-state index in [2.05, 4.69) is 0 Å². The summed E-state index contributed by atoms with van der Waals surface area (Å²) in [4.78, 5) is 0. The molecule has 0 radical (unpaired) electrons. The molecule has 0 saturated carbocycles. The SMILES string of the molecule is O=S(Cl)CCCCS(=O)(=O)F. The van der Waals surface area contributed by atoms with E-state index in [0.717, 1.165) is 0 Å². The van der Waals surface area contributed by atoms with Gasteiger partial charge in [-0.1, -0.05) is 0 Å². The summed E-state index contributed by atoms with van der Waals surface area (Å²) in [6.07, 6.45) is 0.524. The van der Waals surface area contributed by atoms with Crippen LogP contribution >= 0.6 is 10.7 Å². The first-order valence-electron chi connectivity index (χ1n) is 2.89. The maximum Gasteiger partial charge on any atom is 0.302 e. The van der Waals surface area contributed by atoms with Crippen LogP contribution < -0.4 is 0 Å². The Morgan fingerprint density at radius 2 is 1.91 bits per heavy atom. The van der Waals surface area contributed by atoms with Gasteiger partial charge in [0.05, 0.1) is 5.75 Å². The van der Waals surface area contributed by atoms with Gasteiger partial charge in [0, 0.05) is 5.75 Å². The molecule has 0 aromatic rings. The van der Waals surface area contributed by atoms with Crippen LogP contribution in [0, 0.1) is 0 Å². The Morgan fingerprint density at radius 3 is 2.27 bits per heavy atom. The molecule has 0 heterocycles. The normalized spacial score (nSPS) is 14.7. The second kappa shape index (κ2) is 5.05. The van der Waals surface area contributed by atoms with Crippen molar-refractivity contribution in [2.45, 2.75) is 12.8 Å². The molecule has 68 valence electrons. The van der Waals surface area contributed by atoms with Crippen molar-refractivity contribution >= 4 is 30.9 Å². The minimum atomic E-state index is -4.36. The fraction of sp³-hybridized carbons (Fsp3) is 1.00. The third-order valence-electron chi connectivity index (χ3n) is 0.943. The molecular formula is C4H8ClFO3S2. The van der Waals surface area contributed by atoms with Crippen molar-refractivity contribution < 1.29 is 16.5 Å². The fourth-order valence-electron chi connectivity index (χ4n) is 0.490. The highest BCUT2D eigenvalue weighted by atomic mass is 35.7. The predicted octanol–water partition coefficient (Wildman–Crippen LogP) is 0.968. The van der Waals surface area contributed by atoms with Crippen LogP contribution in [0.15, 0.2) is 0 Å². The molecule has 1 atom stereocenters. The van der Waals surface area contributed by atoms with E-state index in [1.54, 1.807) is 0 Å². The molecule has 1 unspecified atom stereocenters. The lowest BCUT2D eigenvalue weighted by Gasteiger charge is -1.93. The lowest BCUT2D eigenvalue weighted by molar-refractivity contribution is 0.548. The van der Waals surface area contributed by atoms with Crippen molar-refractivity contribution in [2.75, 3.05) is 11.5 Å². The molecule has 0 aromatic carbocycles. The molecule has 11 heavy (non-hydrogen) atoms. The van der Waals surface area contributed by atoms with Crippen LogP contribution in [0.1, 0.15) is 12.8 Å². The Hall–Kier alpha value is 0.320. The van der Waals surface area contributed by atoms with Crippen LogP contribution in [-0.2, 0) is 20.2 Å². The summed E-state index contributed by atoms with van der Waals surface area (Å²) in [5.41, 5.74) is 0. The number of unbranched alkanes of at least 4 members (excludes halogenated alkanes) is 1. The Balaban J connectivity index is 3.37. The lowest BCUT2D eigenvalue weighted by Crippen LogP contribution is -2.00. The van der Waals surface area contributed by atoms with E-state index in [0.29, 0.717) is 6.42 Å². The number of hydrogen-bond acceptors (Lipinski definition) is 3. The van der Waals surface area contributed by atoms with Gasteiger partial charge in [-0.25, -0.2) is 4.21 Å². The molecule has 7 heteroatoms. The number of halogens is 2. The zero-order chi connectivity index (χ0) is 8.91. The van der Waals surface area contributed by atoms with Gasteiger partial charge in [-0.15, -0.1) is 3.89 Å². The highest BCUT2D eigenvalue weighted by Gasteiger charge is 2.05. The molecule has 0 spiro atoms. The molecule has 0 rings (SSSR count). The highest BCUT2D eigenvalue weighted by molar-refractivity contribution is 8.08. The van der Waals surface area contributed by atoms with Gasteiger partial charge < -0.3 is 0 Å². The molecule has 0 bridgehead atoms. The summed E-state index contributed by atoms with van der Waals surface area (Å²) in [6, 6.07) is 0. The van der Waals surface area contributed by atoms with E-state index in [4.69, 9.17) is 10.7 Å². The lowest BCUT2D eigenvalue weighted by atomic mass is 10.4. The zero-order valence-corrected chi connectivity index (χ0v) is 8.01. The molecular weight excluding hydrogens is 215 g/mol. The van der Waals surface area contributed by atoms with Gasteiger partial charge in [0.2, 0.25) is 0 Å². The van der Waals surface area contributed by atoms with Gasteiger partial charge in [-0.05, 0) is 23.5 Å². The standard InChI is InChI=1S/C4H8ClFO3S2/c5-10(7)3-1-2-4-11(6,8)9/h1-4H2. The van der Waals surface area contributed by atoms with Crippen LogP contribution in [-0.4, -0.2) is 24.1 Å². The first kappa shape index (κ1) is 11.3. The van der Waals surface area contributed by atoms with Crippen molar-refractivity contribution in [1.29, 1.82) is 0 Å². The van der Waals surface area contributed by atoms with Crippen LogP contribution in [0.4, 0.5) is 3.89 Å². The van der Waals surface area contributed by atoms with Gasteiger partial charge in [-0.3, -0.25) is 0 Å². The smallest absolute Gasteiger partial charge is 0.243 e. The topological polar surface area (TPSA) is 51.2 Å². The first-order chi connectivity index (χ1) is 4.92. The average Bonchev–Trinajstić information content (AvgIpc) is 1.78. The summed E-state index contributed by atoms with van der Waals surface area (Å²) in [7, 11) is -0.746. The minimum absolute atomic E-state index is 0.164. The maximum absolute atomic E-state index is 11.8. The third-order valence-corrected chi connectivity index (χ3v) is 2.79. The monoisotopic (exact) mass is 222 g/mol. The highest BCUT2D eigenvalue weighted by Crippen LogP contribution is 2.00. The van der Waals surface area contributed by atoms with Crippen LogP contribution in [0.2, 0.25) is 0 Å². The third kappa shape index (κ3) is 10.3. The van der Waals surface area contributed by atoms with Gasteiger partial charge in [-0.2, -0.15) is 8.42 Å². The molecule has 0 aliphatic heterocycles. The molecule has 3 nitrogen and oxygen atoms in total. The van der Waals surface area contributed by atoms with Gasteiger partial charge in [0.1, 0.15) is 10.0 Å². The molecule has 0 aliphatic rings. The Morgan fingerprint density at radius 1 is 1.36 bits per heavy atom. The Kier molecular flexibility index (Phi) is 5.20. The first-order valence-corrected chi connectivity index (χ1v) is 6.58. The number of rotatable bonds is 5. The van der Waals surface area contributed by atoms with Crippen molar-refractivity contribution in [3.05, 3.63) is 0 Å². The number of hydrogen-bond donors (Lipinski definition) is 0. The summed E-state index contributed by atoms with van der Waals surface area (Å²) in [6.45, 7) is 0. The molecule has 0 aromatic heterocycles. The predicted molar refractivity (Wildman–Crippen MR) is 43.0 cm³/mol. The van der Waals surface area contributed by atoms with Crippen molar-refractivity contribution in [3.63, 3.8) is 0 Å². The summed E-state index contributed by atoms with van der Waals surface area (Å²) in [5.74, 6) is -0.307. The zero-order valence-electron chi connectivity index (χ0n) is 5.63. The van der Waals surface area contributed by atoms with Gasteiger partial charge in [0.15, 0.2) is 0 Å². The van der Waals surface area contributed by atoms with E-state index in [1.807, 2.05) is 0 Å². The second-order valence-electron chi connectivity index (χ2n) is 1.94. The van der Waals surface area contributed by atoms with E-state index >= 15 is 0 Å². The Labute approximate surface area is 72.1 Å².